The fourth-order valence-corrected chi connectivity index (χ4v) is 2.69. The van der Waals surface area contributed by atoms with E-state index >= 15 is 0 Å². The predicted molar refractivity (Wildman–Crippen MR) is 112 cm³/mol. The standard InChI is InChI=1S/C18H26N4O3.HI/c1-4-19-18(22-11-9-21(10-12-22)14(2)23)20-13-15-5-7-16(8-6-15)17(24)25-3;/h5-8H,4,9-13H2,1-3H3,(H,19,20);1H. The minimum absolute atomic E-state index is 0. The summed E-state index contributed by atoms with van der Waals surface area (Å²) in [7, 11) is 1.37. The highest BCUT2D eigenvalue weighted by Gasteiger charge is 2.20. The van der Waals surface area contributed by atoms with E-state index in [0.717, 1.165) is 31.2 Å². The molecule has 1 N–H and O–H groups in total. The Balaban J connectivity index is 0.00000338. The van der Waals surface area contributed by atoms with Crippen LogP contribution in [-0.2, 0) is 16.1 Å². The zero-order valence-corrected chi connectivity index (χ0v) is 17.9. The van der Waals surface area contributed by atoms with Gasteiger partial charge in [-0.2, -0.15) is 0 Å². The maximum atomic E-state index is 11.5. The third-order valence-electron chi connectivity index (χ3n) is 4.15. The van der Waals surface area contributed by atoms with Crippen molar-refractivity contribution in [2.75, 3.05) is 39.8 Å². The Kier molecular flexibility index (Phi) is 9.39. The topological polar surface area (TPSA) is 74.2 Å². The first-order valence-electron chi connectivity index (χ1n) is 8.51. The van der Waals surface area contributed by atoms with Crippen LogP contribution in [0.3, 0.4) is 0 Å². The number of carbonyl (C=O) groups is 2. The normalized spacial score (nSPS) is 14.5. The van der Waals surface area contributed by atoms with Gasteiger partial charge in [-0.3, -0.25) is 4.79 Å². The first-order valence-corrected chi connectivity index (χ1v) is 8.51. The second-order valence-electron chi connectivity index (χ2n) is 5.85. The number of nitrogens with one attached hydrogen (secondary N) is 1. The van der Waals surface area contributed by atoms with Gasteiger partial charge in [0.25, 0.3) is 0 Å². The number of rotatable bonds is 4. The lowest BCUT2D eigenvalue weighted by Crippen LogP contribution is -2.53. The number of esters is 1. The van der Waals surface area contributed by atoms with Crippen LogP contribution in [0.5, 0.6) is 0 Å². The van der Waals surface area contributed by atoms with E-state index in [0.29, 0.717) is 25.2 Å². The molecule has 2 rings (SSSR count). The molecule has 26 heavy (non-hydrogen) atoms. The number of guanidine groups is 1. The number of amides is 1. The van der Waals surface area contributed by atoms with E-state index in [1.807, 2.05) is 24.0 Å². The molecule has 0 bridgehead atoms. The lowest BCUT2D eigenvalue weighted by Gasteiger charge is -2.36. The number of methoxy groups -OCH3 is 1. The quantitative estimate of drug-likeness (QED) is 0.312. The fraction of sp³-hybridized carbons (Fsp3) is 0.500. The van der Waals surface area contributed by atoms with Gasteiger partial charge in [-0.25, -0.2) is 9.79 Å². The van der Waals surface area contributed by atoms with Crippen LogP contribution in [0.25, 0.3) is 0 Å². The fourth-order valence-electron chi connectivity index (χ4n) is 2.69. The second kappa shape index (κ2) is 11.0. The number of hydrogen-bond acceptors (Lipinski definition) is 4. The molecule has 0 radical (unpaired) electrons. The van der Waals surface area contributed by atoms with Gasteiger partial charge >= 0.3 is 5.97 Å². The number of nitrogens with zero attached hydrogens (tertiary/aromatic N) is 3. The molecule has 1 fully saturated rings. The summed E-state index contributed by atoms with van der Waals surface area (Å²) in [5.74, 6) is 0.627. The van der Waals surface area contributed by atoms with E-state index in [-0.39, 0.29) is 35.9 Å². The summed E-state index contributed by atoms with van der Waals surface area (Å²) in [5, 5.41) is 3.30. The molecular weight excluding hydrogens is 447 g/mol. The van der Waals surface area contributed by atoms with Gasteiger partial charge in [-0.05, 0) is 24.6 Å². The molecule has 0 unspecified atom stereocenters. The van der Waals surface area contributed by atoms with Gasteiger partial charge in [-0.1, -0.05) is 12.1 Å². The lowest BCUT2D eigenvalue weighted by molar-refractivity contribution is -0.130. The number of ether oxygens (including phenoxy) is 1. The van der Waals surface area contributed by atoms with Gasteiger partial charge in [0.05, 0.1) is 19.2 Å². The number of carbonyl (C=O) groups excluding carboxylic acids is 2. The molecule has 8 heteroatoms. The molecule has 0 spiro atoms. The molecule has 144 valence electrons. The molecule has 0 atom stereocenters. The summed E-state index contributed by atoms with van der Waals surface area (Å²) in [5.41, 5.74) is 1.55. The molecule has 1 amide bonds. The Morgan fingerprint density at radius 3 is 2.19 bits per heavy atom. The zero-order valence-electron chi connectivity index (χ0n) is 15.5. The van der Waals surface area contributed by atoms with Crippen LogP contribution >= 0.6 is 24.0 Å². The summed E-state index contributed by atoms with van der Waals surface area (Å²) in [6.45, 7) is 7.92. The summed E-state index contributed by atoms with van der Waals surface area (Å²) >= 11 is 0. The summed E-state index contributed by atoms with van der Waals surface area (Å²) < 4.78 is 4.70. The van der Waals surface area contributed by atoms with Crippen molar-refractivity contribution in [3.8, 4) is 0 Å². The van der Waals surface area contributed by atoms with Gasteiger partial charge in [0.2, 0.25) is 5.91 Å². The minimum Gasteiger partial charge on any atom is -0.465 e. The highest BCUT2D eigenvalue weighted by molar-refractivity contribution is 14.0. The summed E-state index contributed by atoms with van der Waals surface area (Å²) in [4.78, 5) is 31.6. The van der Waals surface area contributed by atoms with Crippen LogP contribution < -0.4 is 5.32 Å². The maximum Gasteiger partial charge on any atom is 0.337 e. The molecule has 0 aliphatic carbocycles. The highest BCUT2D eigenvalue weighted by atomic mass is 127. The third kappa shape index (κ3) is 6.15. The van der Waals surface area contributed by atoms with Gasteiger partial charge in [0.15, 0.2) is 5.96 Å². The Hall–Kier alpha value is -1.84. The summed E-state index contributed by atoms with van der Waals surface area (Å²) in [6.07, 6.45) is 0. The van der Waals surface area contributed by atoms with E-state index in [1.54, 1.807) is 19.1 Å². The van der Waals surface area contributed by atoms with Crippen molar-refractivity contribution in [3.05, 3.63) is 35.4 Å². The molecule has 1 heterocycles. The zero-order chi connectivity index (χ0) is 18.2. The van der Waals surface area contributed by atoms with E-state index in [4.69, 9.17) is 4.74 Å². The number of piperazine rings is 1. The summed E-state index contributed by atoms with van der Waals surface area (Å²) in [6, 6.07) is 7.25. The van der Waals surface area contributed by atoms with Gasteiger partial charge in [-0.15, -0.1) is 24.0 Å². The molecule has 7 nitrogen and oxygen atoms in total. The SMILES string of the molecule is CCNC(=NCc1ccc(C(=O)OC)cc1)N1CCN(C(C)=O)CC1.I. The van der Waals surface area contributed by atoms with Crippen LogP contribution in [0.15, 0.2) is 29.3 Å². The number of hydrogen-bond donors (Lipinski definition) is 1. The van der Waals surface area contributed by atoms with Crippen molar-refractivity contribution in [1.29, 1.82) is 0 Å². The van der Waals surface area contributed by atoms with Crippen molar-refractivity contribution < 1.29 is 14.3 Å². The second-order valence-corrected chi connectivity index (χ2v) is 5.85. The van der Waals surface area contributed by atoms with E-state index in [2.05, 4.69) is 15.2 Å². The smallest absolute Gasteiger partial charge is 0.337 e. The van der Waals surface area contributed by atoms with Crippen molar-refractivity contribution in [2.45, 2.75) is 20.4 Å². The monoisotopic (exact) mass is 474 g/mol. The van der Waals surface area contributed by atoms with E-state index in [9.17, 15) is 9.59 Å². The maximum absolute atomic E-state index is 11.5. The van der Waals surface area contributed by atoms with E-state index in [1.165, 1.54) is 7.11 Å². The predicted octanol–water partition coefficient (Wildman–Crippen LogP) is 1.72. The number of aliphatic imine (C=N–C) groups is 1. The van der Waals surface area contributed by atoms with Crippen molar-refractivity contribution in [3.63, 3.8) is 0 Å². The van der Waals surface area contributed by atoms with Gasteiger partial charge < -0.3 is 19.9 Å². The van der Waals surface area contributed by atoms with Crippen LogP contribution in [0.1, 0.15) is 29.8 Å². The van der Waals surface area contributed by atoms with Crippen molar-refractivity contribution in [1.82, 2.24) is 15.1 Å². The van der Waals surface area contributed by atoms with Crippen LogP contribution in [-0.4, -0.2) is 67.5 Å². The first kappa shape index (κ1) is 22.2. The molecule has 1 aliphatic heterocycles. The Morgan fingerprint density at radius 2 is 1.69 bits per heavy atom. The molecule has 1 saturated heterocycles. The molecule has 1 aromatic rings. The number of benzene rings is 1. The van der Waals surface area contributed by atoms with Crippen molar-refractivity contribution >= 4 is 41.8 Å². The molecule has 1 aliphatic rings. The van der Waals surface area contributed by atoms with Crippen molar-refractivity contribution in [2.24, 2.45) is 4.99 Å². The average Bonchev–Trinajstić information content (AvgIpc) is 2.65. The molecule has 0 saturated carbocycles. The Labute approximate surface area is 171 Å². The average molecular weight is 474 g/mol. The minimum atomic E-state index is -0.341. The van der Waals surface area contributed by atoms with Crippen LogP contribution in [0.2, 0.25) is 0 Å². The molecule has 0 aromatic heterocycles. The van der Waals surface area contributed by atoms with E-state index < -0.39 is 0 Å². The first-order chi connectivity index (χ1) is 12.0. The largest absolute Gasteiger partial charge is 0.465 e. The number of halogens is 1. The highest BCUT2D eigenvalue weighted by Crippen LogP contribution is 2.08. The Bertz CT molecular complexity index is 626. The molecule has 1 aromatic carbocycles. The lowest BCUT2D eigenvalue weighted by atomic mass is 10.1. The van der Waals surface area contributed by atoms with Crippen LogP contribution in [0.4, 0.5) is 0 Å². The van der Waals surface area contributed by atoms with Gasteiger partial charge in [0, 0.05) is 39.6 Å². The van der Waals surface area contributed by atoms with Gasteiger partial charge in [0.1, 0.15) is 0 Å². The molecular formula is C18H27IN4O3. The Morgan fingerprint density at radius 1 is 1.12 bits per heavy atom. The van der Waals surface area contributed by atoms with Crippen LogP contribution in [0, 0.1) is 0 Å². The third-order valence-corrected chi connectivity index (χ3v) is 4.15.